The molecular formula is C17H20O4. The van der Waals surface area contributed by atoms with Crippen LogP contribution in [0.4, 0.5) is 0 Å². The van der Waals surface area contributed by atoms with Gasteiger partial charge in [0.25, 0.3) is 0 Å². The molecule has 2 aromatic carbocycles. The van der Waals surface area contributed by atoms with Gasteiger partial charge in [-0.2, -0.15) is 0 Å². The molecule has 0 aliphatic heterocycles. The van der Waals surface area contributed by atoms with Crippen LogP contribution in [0.25, 0.3) is 0 Å². The standard InChI is InChI=1S/C14H12O2.C3H8O2/c15-14(13-9-5-2-6-10-13)16-11-12-7-3-1-4-8-12;1-3(5)2-4/h1-10H,11H2;3-5H,2H2,1H3. The van der Waals surface area contributed by atoms with Crippen LogP contribution in [0.1, 0.15) is 22.8 Å². The van der Waals surface area contributed by atoms with E-state index in [9.17, 15) is 4.79 Å². The first-order chi connectivity index (χ1) is 10.1. The predicted molar refractivity (Wildman–Crippen MR) is 80.8 cm³/mol. The first-order valence-electron chi connectivity index (χ1n) is 6.68. The summed E-state index contributed by atoms with van der Waals surface area (Å²) in [5.41, 5.74) is 1.57. The summed E-state index contributed by atoms with van der Waals surface area (Å²) in [6, 6.07) is 18.6. The lowest BCUT2D eigenvalue weighted by Crippen LogP contribution is -2.04. The van der Waals surface area contributed by atoms with Crippen LogP contribution < -0.4 is 0 Å². The minimum Gasteiger partial charge on any atom is -0.457 e. The van der Waals surface area contributed by atoms with Crippen LogP contribution in [0, 0.1) is 0 Å². The Morgan fingerprint density at radius 2 is 1.52 bits per heavy atom. The van der Waals surface area contributed by atoms with E-state index in [4.69, 9.17) is 14.9 Å². The van der Waals surface area contributed by atoms with E-state index in [1.165, 1.54) is 6.92 Å². The molecule has 0 spiro atoms. The second-order valence-corrected chi connectivity index (χ2v) is 4.46. The lowest BCUT2D eigenvalue weighted by molar-refractivity contribution is 0.0472. The van der Waals surface area contributed by atoms with E-state index in [0.717, 1.165) is 5.56 Å². The van der Waals surface area contributed by atoms with Crippen molar-refractivity contribution in [1.82, 2.24) is 0 Å². The average molecular weight is 288 g/mol. The molecule has 0 saturated carbocycles. The van der Waals surface area contributed by atoms with Crippen molar-refractivity contribution in [2.45, 2.75) is 19.6 Å². The SMILES string of the molecule is CC(O)CO.O=C(OCc1ccccc1)c1ccccc1. The highest BCUT2D eigenvalue weighted by atomic mass is 16.5. The van der Waals surface area contributed by atoms with Gasteiger partial charge in [0.2, 0.25) is 0 Å². The van der Waals surface area contributed by atoms with Crippen LogP contribution in [0.2, 0.25) is 0 Å². The van der Waals surface area contributed by atoms with E-state index in [-0.39, 0.29) is 12.6 Å². The van der Waals surface area contributed by atoms with E-state index < -0.39 is 6.10 Å². The van der Waals surface area contributed by atoms with Gasteiger partial charge in [-0.3, -0.25) is 0 Å². The van der Waals surface area contributed by atoms with Crippen molar-refractivity contribution >= 4 is 5.97 Å². The van der Waals surface area contributed by atoms with Crippen LogP contribution >= 0.6 is 0 Å². The number of esters is 1. The van der Waals surface area contributed by atoms with Gasteiger partial charge in [-0.1, -0.05) is 48.5 Å². The molecule has 112 valence electrons. The number of aliphatic hydroxyl groups is 2. The second-order valence-electron chi connectivity index (χ2n) is 4.46. The van der Waals surface area contributed by atoms with Gasteiger partial charge in [-0.15, -0.1) is 0 Å². The third kappa shape index (κ3) is 7.25. The lowest BCUT2D eigenvalue weighted by Gasteiger charge is -2.04. The molecule has 0 amide bonds. The Hall–Kier alpha value is -2.17. The number of rotatable bonds is 4. The molecule has 1 atom stereocenters. The summed E-state index contributed by atoms with van der Waals surface area (Å²) in [4.78, 5) is 11.6. The maximum absolute atomic E-state index is 11.6. The number of aliphatic hydroxyl groups excluding tert-OH is 2. The Labute approximate surface area is 124 Å². The Balaban J connectivity index is 0.000000383. The highest BCUT2D eigenvalue weighted by Gasteiger charge is 2.05. The number of ether oxygens (including phenoxy) is 1. The van der Waals surface area contributed by atoms with Crippen molar-refractivity contribution in [3.63, 3.8) is 0 Å². The summed E-state index contributed by atoms with van der Waals surface area (Å²) in [5.74, 6) is -0.288. The van der Waals surface area contributed by atoms with E-state index >= 15 is 0 Å². The minimum atomic E-state index is -0.560. The number of benzene rings is 2. The average Bonchev–Trinajstić information content (AvgIpc) is 2.55. The molecule has 4 heteroatoms. The number of carbonyl (C=O) groups is 1. The molecule has 2 rings (SSSR count). The molecule has 0 heterocycles. The van der Waals surface area contributed by atoms with Crippen molar-refractivity contribution in [2.24, 2.45) is 0 Å². The summed E-state index contributed by atoms with van der Waals surface area (Å²) < 4.78 is 5.18. The molecule has 0 saturated heterocycles. The summed E-state index contributed by atoms with van der Waals surface area (Å²) in [5, 5.41) is 16.0. The fraction of sp³-hybridized carbons (Fsp3) is 0.235. The smallest absolute Gasteiger partial charge is 0.338 e. The van der Waals surface area contributed by atoms with Crippen molar-refractivity contribution in [3.05, 3.63) is 71.8 Å². The summed E-state index contributed by atoms with van der Waals surface area (Å²) >= 11 is 0. The van der Waals surface area contributed by atoms with Gasteiger partial charge in [-0.05, 0) is 24.6 Å². The lowest BCUT2D eigenvalue weighted by atomic mass is 10.2. The van der Waals surface area contributed by atoms with Crippen LogP contribution in [-0.2, 0) is 11.3 Å². The number of hydrogen-bond acceptors (Lipinski definition) is 4. The molecule has 0 aliphatic carbocycles. The quantitative estimate of drug-likeness (QED) is 0.848. The molecule has 2 N–H and O–H groups in total. The number of carbonyl (C=O) groups excluding carboxylic acids is 1. The van der Waals surface area contributed by atoms with Crippen molar-refractivity contribution in [2.75, 3.05) is 6.61 Å². The van der Waals surface area contributed by atoms with Crippen LogP contribution in [0.5, 0.6) is 0 Å². The molecule has 0 radical (unpaired) electrons. The number of hydrogen-bond donors (Lipinski definition) is 2. The summed E-state index contributed by atoms with van der Waals surface area (Å²) in [6.45, 7) is 1.70. The normalized spacial score (nSPS) is 11.0. The molecule has 0 aliphatic rings. The fourth-order valence-electron chi connectivity index (χ4n) is 1.38. The van der Waals surface area contributed by atoms with E-state index in [0.29, 0.717) is 12.2 Å². The maximum atomic E-state index is 11.6. The zero-order valence-electron chi connectivity index (χ0n) is 12.0. The first kappa shape index (κ1) is 16.9. The molecule has 0 aromatic heterocycles. The first-order valence-corrected chi connectivity index (χ1v) is 6.68. The highest BCUT2D eigenvalue weighted by Crippen LogP contribution is 2.05. The van der Waals surface area contributed by atoms with E-state index in [1.54, 1.807) is 12.1 Å². The molecule has 21 heavy (non-hydrogen) atoms. The maximum Gasteiger partial charge on any atom is 0.338 e. The van der Waals surface area contributed by atoms with Gasteiger partial charge in [0, 0.05) is 0 Å². The Kier molecular flexibility index (Phi) is 7.79. The van der Waals surface area contributed by atoms with Crippen molar-refractivity contribution in [1.29, 1.82) is 0 Å². The van der Waals surface area contributed by atoms with Gasteiger partial charge >= 0.3 is 5.97 Å². The minimum absolute atomic E-state index is 0.139. The molecule has 0 fully saturated rings. The summed E-state index contributed by atoms with van der Waals surface area (Å²) in [7, 11) is 0. The van der Waals surface area contributed by atoms with Gasteiger partial charge in [0.05, 0.1) is 18.3 Å². The third-order valence-corrected chi connectivity index (χ3v) is 2.49. The van der Waals surface area contributed by atoms with Gasteiger partial charge in [0.1, 0.15) is 6.61 Å². The van der Waals surface area contributed by atoms with Crippen molar-refractivity contribution in [3.8, 4) is 0 Å². The topological polar surface area (TPSA) is 66.8 Å². The fourth-order valence-corrected chi connectivity index (χ4v) is 1.38. The van der Waals surface area contributed by atoms with E-state index in [2.05, 4.69) is 0 Å². The molecule has 2 aromatic rings. The van der Waals surface area contributed by atoms with Gasteiger partial charge < -0.3 is 14.9 Å². The second kappa shape index (κ2) is 9.69. The highest BCUT2D eigenvalue weighted by molar-refractivity contribution is 5.89. The largest absolute Gasteiger partial charge is 0.457 e. The van der Waals surface area contributed by atoms with Crippen LogP contribution in [0.3, 0.4) is 0 Å². The molecule has 1 unspecified atom stereocenters. The summed E-state index contributed by atoms with van der Waals surface area (Å²) in [6.07, 6.45) is -0.560. The monoisotopic (exact) mass is 288 g/mol. The zero-order valence-corrected chi connectivity index (χ0v) is 12.0. The van der Waals surface area contributed by atoms with Crippen LogP contribution in [-0.4, -0.2) is 28.9 Å². The van der Waals surface area contributed by atoms with Crippen molar-refractivity contribution < 1.29 is 19.7 Å². The Morgan fingerprint density at radius 1 is 1.05 bits per heavy atom. The zero-order chi connectivity index (χ0) is 15.5. The van der Waals surface area contributed by atoms with Gasteiger partial charge in [-0.25, -0.2) is 4.79 Å². The molecule has 4 nitrogen and oxygen atoms in total. The molecule has 0 bridgehead atoms. The third-order valence-electron chi connectivity index (χ3n) is 2.49. The molecular weight excluding hydrogens is 268 g/mol. The Bertz CT molecular complexity index is 509. The van der Waals surface area contributed by atoms with Crippen LogP contribution in [0.15, 0.2) is 60.7 Å². The van der Waals surface area contributed by atoms with E-state index in [1.807, 2.05) is 48.5 Å². The predicted octanol–water partition coefficient (Wildman–Crippen LogP) is 2.40. The Morgan fingerprint density at radius 3 is 2.00 bits per heavy atom. The van der Waals surface area contributed by atoms with Gasteiger partial charge in [0.15, 0.2) is 0 Å².